The van der Waals surface area contributed by atoms with Gasteiger partial charge >= 0.3 is 0 Å². The molecule has 3 heterocycles. The first-order chi connectivity index (χ1) is 11.8. The average Bonchev–Trinajstić information content (AvgIpc) is 3.16. The Morgan fingerprint density at radius 2 is 1.92 bits per heavy atom. The van der Waals surface area contributed by atoms with Crippen LogP contribution in [0, 0.1) is 0 Å². The minimum absolute atomic E-state index is 0.0132. The van der Waals surface area contributed by atoms with Crippen molar-refractivity contribution < 1.29 is 4.79 Å². The van der Waals surface area contributed by atoms with Crippen LogP contribution < -0.4 is 5.32 Å². The normalized spacial score (nSPS) is 18.5. The van der Waals surface area contributed by atoms with E-state index in [1.807, 2.05) is 12.1 Å². The number of amides is 1. The Hall–Kier alpha value is -1.88. The van der Waals surface area contributed by atoms with Crippen molar-refractivity contribution >= 4 is 16.9 Å². The Morgan fingerprint density at radius 3 is 2.79 bits per heavy atom. The summed E-state index contributed by atoms with van der Waals surface area (Å²) in [6.07, 6.45) is 7.34. The molecule has 0 spiro atoms. The van der Waals surface area contributed by atoms with Crippen LogP contribution in [0.25, 0.3) is 11.0 Å². The number of hydrogen-bond donors (Lipinski definition) is 1. The van der Waals surface area contributed by atoms with Gasteiger partial charge in [0.2, 0.25) is 0 Å². The van der Waals surface area contributed by atoms with E-state index in [9.17, 15) is 4.79 Å². The molecule has 5 nitrogen and oxygen atoms in total. The fourth-order valence-corrected chi connectivity index (χ4v) is 3.93. The van der Waals surface area contributed by atoms with E-state index in [1.165, 1.54) is 56.5 Å². The Labute approximate surface area is 143 Å². The Morgan fingerprint density at radius 1 is 1.08 bits per heavy atom. The third-order valence-corrected chi connectivity index (χ3v) is 5.28. The number of carbonyl (C=O) groups is 1. The summed E-state index contributed by atoms with van der Waals surface area (Å²) in [4.78, 5) is 19.6. The van der Waals surface area contributed by atoms with Gasteiger partial charge in [0.05, 0.1) is 11.0 Å². The van der Waals surface area contributed by atoms with Gasteiger partial charge in [-0.15, -0.1) is 0 Å². The molecule has 128 valence electrons. The molecule has 0 bridgehead atoms. The highest BCUT2D eigenvalue weighted by Crippen LogP contribution is 2.22. The Bertz CT molecular complexity index is 730. The van der Waals surface area contributed by atoms with E-state index in [4.69, 9.17) is 4.98 Å². The number of nitrogens with zero attached hydrogens (tertiary/aromatic N) is 3. The lowest BCUT2D eigenvalue weighted by Crippen LogP contribution is -2.33. The van der Waals surface area contributed by atoms with Gasteiger partial charge in [0.15, 0.2) is 0 Å². The second-order valence-corrected chi connectivity index (χ2v) is 7.00. The molecule has 0 saturated carbocycles. The molecule has 24 heavy (non-hydrogen) atoms. The van der Waals surface area contributed by atoms with E-state index < -0.39 is 0 Å². The molecule has 0 aliphatic carbocycles. The van der Waals surface area contributed by atoms with Gasteiger partial charge in [0, 0.05) is 31.6 Å². The lowest BCUT2D eigenvalue weighted by Gasteiger charge is -2.14. The third-order valence-electron chi connectivity index (χ3n) is 5.28. The maximum Gasteiger partial charge on any atom is 0.251 e. The summed E-state index contributed by atoms with van der Waals surface area (Å²) >= 11 is 0. The quantitative estimate of drug-likeness (QED) is 0.939. The second kappa shape index (κ2) is 6.93. The van der Waals surface area contributed by atoms with Gasteiger partial charge in [-0.05, 0) is 57.0 Å². The number of carbonyl (C=O) groups excluding carboxylic acids is 1. The standard InChI is InChI=1S/C19H26N4O/c24-19(20-9-13-22-10-4-5-11-22)15-7-8-17-16(14-15)21-18-6-2-1-3-12-23(17)18/h7-8,14H,1-6,9-13H2,(H,20,24). The van der Waals surface area contributed by atoms with Crippen molar-refractivity contribution in [3.05, 3.63) is 29.6 Å². The highest BCUT2D eigenvalue weighted by atomic mass is 16.1. The number of aryl methyl sites for hydroxylation is 2. The summed E-state index contributed by atoms with van der Waals surface area (Å²) in [5.41, 5.74) is 2.84. The molecule has 1 amide bonds. The van der Waals surface area contributed by atoms with Gasteiger partial charge in [-0.3, -0.25) is 4.79 Å². The minimum Gasteiger partial charge on any atom is -0.351 e. The monoisotopic (exact) mass is 326 g/mol. The van der Waals surface area contributed by atoms with Crippen LogP contribution in [0.3, 0.4) is 0 Å². The molecule has 1 fully saturated rings. The number of hydrogen-bond acceptors (Lipinski definition) is 3. The topological polar surface area (TPSA) is 50.2 Å². The molecule has 1 N–H and O–H groups in total. The first-order valence-corrected chi connectivity index (χ1v) is 9.31. The Kier molecular flexibility index (Phi) is 4.52. The van der Waals surface area contributed by atoms with Gasteiger partial charge in [0.1, 0.15) is 5.82 Å². The highest BCUT2D eigenvalue weighted by molar-refractivity contribution is 5.97. The smallest absolute Gasteiger partial charge is 0.251 e. The second-order valence-electron chi connectivity index (χ2n) is 7.00. The lowest BCUT2D eigenvalue weighted by molar-refractivity contribution is 0.0950. The maximum absolute atomic E-state index is 12.4. The number of aromatic nitrogens is 2. The molecule has 5 heteroatoms. The number of benzene rings is 1. The minimum atomic E-state index is 0.0132. The van der Waals surface area contributed by atoms with E-state index >= 15 is 0 Å². The molecule has 1 aromatic carbocycles. The van der Waals surface area contributed by atoms with E-state index in [-0.39, 0.29) is 5.91 Å². The molecule has 2 aliphatic rings. The van der Waals surface area contributed by atoms with Crippen molar-refractivity contribution in [2.45, 2.75) is 45.1 Å². The van der Waals surface area contributed by atoms with Gasteiger partial charge in [-0.25, -0.2) is 4.98 Å². The molecular formula is C19H26N4O. The lowest BCUT2D eigenvalue weighted by atomic mass is 10.2. The van der Waals surface area contributed by atoms with Crippen molar-refractivity contribution in [2.24, 2.45) is 0 Å². The Balaban J connectivity index is 1.45. The molecule has 1 aromatic heterocycles. The van der Waals surface area contributed by atoms with E-state index in [1.54, 1.807) is 0 Å². The van der Waals surface area contributed by atoms with Crippen LogP contribution in [0.15, 0.2) is 18.2 Å². The van der Waals surface area contributed by atoms with Crippen LogP contribution >= 0.6 is 0 Å². The van der Waals surface area contributed by atoms with Crippen molar-refractivity contribution in [1.29, 1.82) is 0 Å². The van der Waals surface area contributed by atoms with Crippen LogP contribution in [0.2, 0.25) is 0 Å². The fraction of sp³-hybridized carbons (Fsp3) is 0.579. The van der Waals surface area contributed by atoms with Crippen molar-refractivity contribution in [3.63, 3.8) is 0 Å². The molecule has 0 unspecified atom stereocenters. The number of imidazole rings is 1. The van der Waals surface area contributed by atoms with Crippen molar-refractivity contribution in [2.75, 3.05) is 26.2 Å². The van der Waals surface area contributed by atoms with Gasteiger partial charge in [-0.2, -0.15) is 0 Å². The average molecular weight is 326 g/mol. The van der Waals surface area contributed by atoms with Crippen LogP contribution in [0.1, 0.15) is 48.3 Å². The van der Waals surface area contributed by atoms with E-state index in [0.717, 1.165) is 37.1 Å². The number of likely N-dealkylation sites (tertiary alicyclic amines) is 1. The summed E-state index contributed by atoms with van der Waals surface area (Å²) in [5, 5.41) is 3.05. The zero-order chi connectivity index (χ0) is 16.4. The summed E-state index contributed by atoms with van der Waals surface area (Å²) in [5.74, 6) is 1.19. The molecular weight excluding hydrogens is 300 g/mol. The molecule has 0 radical (unpaired) electrons. The van der Waals surface area contributed by atoms with Crippen LogP contribution in [-0.2, 0) is 13.0 Å². The largest absolute Gasteiger partial charge is 0.351 e. The summed E-state index contributed by atoms with van der Waals surface area (Å²) in [6, 6.07) is 5.95. The van der Waals surface area contributed by atoms with E-state index in [2.05, 4.69) is 20.9 Å². The number of rotatable bonds is 4. The number of fused-ring (bicyclic) bond motifs is 3. The molecule has 1 saturated heterocycles. The van der Waals surface area contributed by atoms with Crippen molar-refractivity contribution in [3.8, 4) is 0 Å². The van der Waals surface area contributed by atoms with Gasteiger partial charge in [0.25, 0.3) is 5.91 Å². The fourth-order valence-electron chi connectivity index (χ4n) is 3.93. The molecule has 0 atom stereocenters. The van der Waals surface area contributed by atoms with Crippen LogP contribution in [-0.4, -0.2) is 46.5 Å². The first kappa shape index (κ1) is 15.6. The maximum atomic E-state index is 12.4. The van der Waals surface area contributed by atoms with Crippen LogP contribution in [0.4, 0.5) is 0 Å². The predicted molar refractivity (Wildman–Crippen MR) is 95.3 cm³/mol. The van der Waals surface area contributed by atoms with Crippen molar-refractivity contribution in [1.82, 2.24) is 19.8 Å². The molecule has 2 aromatic rings. The van der Waals surface area contributed by atoms with E-state index in [0.29, 0.717) is 0 Å². The zero-order valence-corrected chi connectivity index (χ0v) is 14.3. The molecule has 4 rings (SSSR count). The van der Waals surface area contributed by atoms with Gasteiger partial charge < -0.3 is 14.8 Å². The van der Waals surface area contributed by atoms with Crippen LogP contribution in [0.5, 0.6) is 0 Å². The summed E-state index contributed by atoms with van der Waals surface area (Å²) in [7, 11) is 0. The SMILES string of the molecule is O=C(NCCN1CCCC1)c1ccc2c(c1)nc1n2CCCCC1. The number of nitrogens with one attached hydrogen (secondary N) is 1. The highest BCUT2D eigenvalue weighted by Gasteiger charge is 2.16. The molecule has 2 aliphatic heterocycles. The summed E-state index contributed by atoms with van der Waals surface area (Å²) in [6.45, 7) is 5.06. The third kappa shape index (κ3) is 3.18. The predicted octanol–water partition coefficient (Wildman–Crippen LogP) is 2.59. The first-order valence-electron chi connectivity index (χ1n) is 9.31. The summed E-state index contributed by atoms with van der Waals surface area (Å²) < 4.78 is 2.33. The zero-order valence-electron chi connectivity index (χ0n) is 14.3. The van der Waals surface area contributed by atoms with Gasteiger partial charge in [-0.1, -0.05) is 6.42 Å².